The molecule has 0 atom stereocenters. The van der Waals surface area contributed by atoms with Crippen molar-refractivity contribution in [3.05, 3.63) is 107 Å². The van der Waals surface area contributed by atoms with Gasteiger partial charge in [0.05, 0.1) is 17.6 Å². The normalized spacial score (nSPS) is 11.2. The lowest BCUT2D eigenvalue weighted by Crippen LogP contribution is -2.34. The molecular formula is C32H30ClFN5O2+. The predicted octanol–water partition coefficient (Wildman–Crippen LogP) is 6.81. The Kier molecular flexibility index (Phi) is 8.31. The van der Waals surface area contributed by atoms with Crippen LogP contribution in [0.5, 0.6) is 11.5 Å². The van der Waals surface area contributed by atoms with E-state index in [9.17, 15) is 4.39 Å². The second-order valence-electron chi connectivity index (χ2n) is 9.67. The summed E-state index contributed by atoms with van der Waals surface area (Å²) in [7, 11) is 7.64. The van der Waals surface area contributed by atoms with Crippen LogP contribution in [-0.2, 0) is 13.7 Å². The Bertz CT molecular complexity index is 1720. The van der Waals surface area contributed by atoms with Gasteiger partial charge in [-0.05, 0) is 54.1 Å². The molecule has 208 valence electrons. The van der Waals surface area contributed by atoms with Crippen LogP contribution in [0.4, 0.5) is 21.6 Å². The van der Waals surface area contributed by atoms with Crippen LogP contribution in [0.1, 0.15) is 16.8 Å². The second kappa shape index (κ2) is 12.2. The zero-order chi connectivity index (χ0) is 28.9. The highest BCUT2D eigenvalue weighted by Gasteiger charge is 2.15. The molecule has 0 aliphatic carbocycles. The lowest BCUT2D eigenvalue weighted by molar-refractivity contribution is -0.680. The lowest BCUT2D eigenvalue weighted by atomic mass is 10.1. The highest BCUT2D eigenvalue weighted by molar-refractivity contribution is 6.31. The molecule has 9 heteroatoms. The fourth-order valence-electron chi connectivity index (χ4n) is 4.28. The van der Waals surface area contributed by atoms with Gasteiger partial charge in [-0.2, -0.15) is 0 Å². The van der Waals surface area contributed by atoms with Crippen LogP contribution >= 0.6 is 11.6 Å². The first kappa shape index (κ1) is 27.9. The number of fused-ring (bicyclic) bond motifs is 1. The topological polar surface area (TPSA) is 63.4 Å². The van der Waals surface area contributed by atoms with Gasteiger partial charge in [-0.25, -0.2) is 18.9 Å². The fraction of sp³-hybridized carbons (Fsp3) is 0.156. The molecule has 0 aliphatic rings. The summed E-state index contributed by atoms with van der Waals surface area (Å²) < 4.78 is 27.5. The molecule has 0 aliphatic heterocycles. The van der Waals surface area contributed by atoms with Crippen molar-refractivity contribution in [3.63, 3.8) is 0 Å². The number of methoxy groups -OCH3 is 1. The summed E-state index contributed by atoms with van der Waals surface area (Å²) in [5.74, 6) is 1.13. The number of hydrogen-bond acceptors (Lipinski definition) is 6. The number of benzene rings is 3. The smallest absolute Gasteiger partial charge is 0.219 e. The van der Waals surface area contributed by atoms with Crippen molar-refractivity contribution >= 4 is 51.8 Å². The lowest BCUT2D eigenvalue weighted by Gasteiger charge is -2.14. The predicted molar refractivity (Wildman–Crippen MR) is 162 cm³/mol. The van der Waals surface area contributed by atoms with Gasteiger partial charge in [0, 0.05) is 48.6 Å². The van der Waals surface area contributed by atoms with Gasteiger partial charge in [-0.1, -0.05) is 29.8 Å². The molecule has 5 rings (SSSR count). The molecule has 2 heterocycles. The summed E-state index contributed by atoms with van der Waals surface area (Å²) in [6.07, 6.45) is 7.69. The first-order chi connectivity index (χ1) is 19.8. The summed E-state index contributed by atoms with van der Waals surface area (Å²) in [6.45, 7) is 0.318. The van der Waals surface area contributed by atoms with E-state index in [1.165, 1.54) is 24.1 Å². The van der Waals surface area contributed by atoms with Crippen molar-refractivity contribution in [2.75, 3.05) is 31.4 Å². The van der Waals surface area contributed by atoms with Crippen molar-refractivity contribution in [2.24, 2.45) is 7.05 Å². The Morgan fingerprint density at radius 3 is 2.41 bits per heavy atom. The molecule has 1 N–H and O–H groups in total. The summed E-state index contributed by atoms with van der Waals surface area (Å²) in [6, 6.07) is 20.5. The van der Waals surface area contributed by atoms with Gasteiger partial charge >= 0.3 is 0 Å². The van der Waals surface area contributed by atoms with Gasteiger partial charge in [0.15, 0.2) is 24.3 Å². The fourth-order valence-corrected chi connectivity index (χ4v) is 4.46. The molecule has 7 nitrogen and oxygen atoms in total. The molecule has 0 saturated heterocycles. The van der Waals surface area contributed by atoms with E-state index in [0.717, 1.165) is 16.8 Å². The monoisotopic (exact) mass is 570 g/mol. The molecule has 3 aromatic carbocycles. The molecule has 0 spiro atoms. The molecule has 5 aromatic rings. The number of pyridine rings is 1. The first-order valence-electron chi connectivity index (χ1n) is 12.9. The number of aryl methyl sites for hydroxylation is 1. The van der Waals surface area contributed by atoms with Gasteiger partial charge in [0.1, 0.15) is 25.0 Å². The number of nitrogens with zero attached hydrogens (tertiary/aromatic N) is 4. The summed E-state index contributed by atoms with van der Waals surface area (Å²) >= 11 is 5.95. The van der Waals surface area contributed by atoms with Gasteiger partial charge in [-0.3, -0.25) is 0 Å². The largest absolute Gasteiger partial charge is 0.493 e. The van der Waals surface area contributed by atoms with Gasteiger partial charge < -0.3 is 19.7 Å². The zero-order valence-corrected chi connectivity index (χ0v) is 24.0. The molecule has 2 aromatic heterocycles. The van der Waals surface area contributed by atoms with E-state index >= 15 is 0 Å². The number of aromatic nitrogens is 3. The standard InChI is InChI=1S/C32H30ClFN5O2/c1-38(2)24-11-7-21(8-12-24)5-6-22-9-13-25(39(3)18-22)19-41-31-16-26-29(17-30(31)40-4)35-20-36-32(26)37-23-10-14-28(34)27(33)15-23/h5-18,20H,19H2,1-4H3,(H,35,36,37)/q+1/b6-5+. The third kappa shape index (κ3) is 6.56. The van der Waals surface area contributed by atoms with Gasteiger partial charge in [0.25, 0.3) is 0 Å². The average Bonchev–Trinajstić information content (AvgIpc) is 2.97. The molecule has 0 fully saturated rings. The number of halogens is 2. The maximum Gasteiger partial charge on any atom is 0.219 e. The quantitative estimate of drug-likeness (QED) is 0.196. The number of ether oxygens (including phenoxy) is 2. The third-order valence-electron chi connectivity index (χ3n) is 6.62. The van der Waals surface area contributed by atoms with E-state index in [0.29, 0.717) is 40.5 Å². The Morgan fingerprint density at radius 1 is 0.951 bits per heavy atom. The summed E-state index contributed by atoms with van der Waals surface area (Å²) in [4.78, 5) is 10.8. The number of anilines is 3. The number of nitrogens with one attached hydrogen (secondary N) is 1. The SMILES string of the molecule is COc1cc2ncnc(Nc3ccc(F)c(Cl)c3)c2cc1OCc1ccc(/C=C/c2ccc(N(C)C)cc2)c[n+]1C. The third-order valence-corrected chi connectivity index (χ3v) is 6.91. The molecule has 0 unspecified atom stereocenters. The Balaban J connectivity index is 1.34. The molecule has 41 heavy (non-hydrogen) atoms. The van der Waals surface area contributed by atoms with Gasteiger partial charge in [0.2, 0.25) is 5.69 Å². The summed E-state index contributed by atoms with van der Waals surface area (Å²) in [5, 5.41) is 3.92. The first-order valence-corrected chi connectivity index (χ1v) is 13.3. The highest BCUT2D eigenvalue weighted by atomic mass is 35.5. The van der Waals surface area contributed by atoms with E-state index in [1.807, 2.05) is 37.8 Å². The van der Waals surface area contributed by atoms with Crippen molar-refractivity contribution in [1.29, 1.82) is 0 Å². The average molecular weight is 571 g/mol. The minimum atomic E-state index is -0.489. The Labute approximate surface area is 243 Å². The van der Waals surface area contributed by atoms with Crippen LogP contribution in [0.3, 0.4) is 0 Å². The van der Waals surface area contributed by atoms with E-state index in [-0.39, 0.29) is 5.02 Å². The molecule has 0 bridgehead atoms. The van der Waals surface area contributed by atoms with E-state index in [4.69, 9.17) is 21.1 Å². The van der Waals surface area contributed by atoms with Crippen molar-refractivity contribution in [3.8, 4) is 11.5 Å². The van der Waals surface area contributed by atoms with Gasteiger partial charge in [-0.15, -0.1) is 0 Å². The number of hydrogen-bond donors (Lipinski definition) is 1. The highest BCUT2D eigenvalue weighted by Crippen LogP contribution is 2.35. The van der Waals surface area contributed by atoms with Crippen LogP contribution in [0.15, 0.2) is 79.3 Å². The maximum absolute atomic E-state index is 13.6. The van der Waals surface area contributed by atoms with E-state index < -0.39 is 5.82 Å². The maximum atomic E-state index is 13.6. The zero-order valence-electron chi connectivity index (χ0n) is 23.2. The van der Waals surface area contributed by atoms with Crippen molar-refractivity contribution in [2.45, 2.75) is 6.61 Å². The minimum Gasteiger partial charge on any atom is -0.493 e. The van der Waals surface area contributed by atoms with E-state index in [1.54, 1.807) is 19.2 Å². The van der Waals surface area contributed by atoms with Crippen LogP contribution in [0.2, 0.25) is 5.02 Å². The molecule has 0 radical (unpaired) electrons. The van der Waals surface area contributed by atoms with Crippen molar-refractivity contribution in [1.82, 2.24) is 9.97 Å². The minimum absolute atomic E-state index is 0.0205. The second-order valence-corrected chi connectivity index (χ2v) is 10.1. The van der Waals surface area contributed by atoms with Crippen LogP contribution in [0.25, 0.3) is 23.1 Å². The Hall–Kier alpha value is -4.69. The Morgan fingerprint density at radius 2 is 1.71 bits per heavy atom. The van der Waals surface area contributed by atoms with E-state index in [2.05, 4.69) is 68.9 Å². The van der Waals surface area contributed by atoms with Crippen LogP contribution in [-0.4, -0.2) is 31.2 Å². The van der Waals surface area contributed by atoms with Crippen molar-refractivity contribution < 1.29 is 18.4 Å². The van der Waals surface area contributed by atoms with Crippen LogP contribution < -0.4 is 24.3 Å². The summed E-state index contributed by atoms with van der Waals surface area (Å²) in [5.41, 5.74) is 5.61. The molecule has 0 amide bonds. The number of rotatable bonds is 9. The molecular weight excluding hydrogens is 541 g/mol. The molecule has 0 saturated carbocycles. The van der Waals surface area contributed by atoms with Crippen LogP contribution in [0, 0.1) is 5.82 Å².